The van der Waals surface area contributed by atoms with Gasteiger partial charge in [0.2, 0.25) is 5.91 Å². The van der Waals surface area contributed by atoms with Crippen molar-refractivity contribution in [1.29, 1.82) is 0 Å². The van der Waals surface area contributed by atoms with Crippen LogP contribution in [0.1, 0.15) is 66.0 Å². The van der Waals surface area contributed by atoms with Crippen LogP contribution in [-0.2, 0) is 38.8 Å². The van der Waals surface area contributed by atoms with Crippen molar-refractivity contribution in [2.75, 3.05) is 50.9 Å². The van der Waals surface area contributed by atoms with E-state index >= 15 is 8.78 Å². The largest absolute Gasteiger partial charge is 0.508 e. The van der Waals surface area contributed by atoms with Crippen LogP contribution in [0.25, 0.3) is 55.2 Å². The molecule has 2 bridgehead atoms. The molecular formula is C58H50F3N9O10. The number of hydrogen-bond acceptors (Lipinski definition) is 16. The highest BCUT2D eigenvalue weighted by molar-refractivity contribution is 6.03. The number of phenolic OH excluding ortho intramolecular Hbond substituents is 1. The van der Waals surface area contributed by atoms with E-state index in [1.165, 1.54) is 35.0 Å². The van der Waals surface area contributed by atoms with Crippen molar-refractivity contribution < 1.29 is 57.1 Å². The predicted octanol–water partition coefficient (Wildman–Crippen LogP) is 5.02. The van der Waals surface area contributed by atoms with E-state index in [-0.39, 0.29) is 139 Å². The van der Waals surface area contributed by atoms with Gasteiger partial charge in [0.05, 0.1) is 57.6 Å². The number of pyridine rings is 3. The zero-order valence-electron chi connectivity index (χ0n) is 42.8. The van der Waals surface area contributed by atoms with Crippen LogP contribution in [0.2, 0.25) is 0 Å². The number of anilines is 1. The molecule has 19 nitrogen and oxygen atoms in total. The molecule has 13 rings (SSSR count). The molecule has 5 atom stereocenters. The summed E-state index contributed by atoms with van der Waals surface area (Å²) in [6.45, 7) is 4.49. The molecule has 7 aromatic rings. The predicted molar refractivity (Wildman–Crippen MR) is 283 cm³/mol. The van der Waals surface area contributed by atoms with Gasteiger partial charge in [-0.05, 0) is 85.6 Å². The maximum atomic E-state index is 17.4. The monoisotopic (exact) mass is 1090 g/mol. The molecule has 408 valence electrons. The standard InChI is InChI=1S/C58H50F3N9O10/c1-3-35-43(60)9-5-29-13-33(72)14-38(47(29)35)50-48(61)51-40(19-63-50)53(66-57(65-51)80-27-58-11-4-12-68(58)20-30(59)17-58)67-21-31-6-7-32(22-67)70(31)54(75)28(2)25-78-34-8-10-44-36(15-34)39(18-62-46(73)24-71)41-23-69-45(49(41)64-44)16-37-42(55(69)76)26-79-56(77)52(37)74/h1,5,8-10,13-16,19,30-32,52,71-72,74H,2,4,6-7,11-12,17-18,20-27H2,(H,62,73)/t30?,31?,32?,52?,58-/m0/s1. The fourth-order valence-corrected chi connectivity index (χ4v) is 13.0. The Hall–Kier alpha value is -8.65. The molecule has 0 radical (unpaired) electrons. The fraction of sp³-hybridized carbons (Fsp3) is 0.345. The molecule has 2 amide bonds. The first-order valence-corrected chi connectivity index (χ1v) is 26.2. The van der Waals surface area contributed by atoms with E-state index in [1.54, 1.807) is 29.2 Å². The summed E-state index contributed by atoms with van der Waals surface area (Å²) in [5.41, 5.74) is 1.32. The molecule has 4 N–H and O–H groups in total. The third kappa shape index (κ3) is 8.23. The van der Waals surface area contributed by atoms with Crippen LogP contribution in [0.5, 0.6) is 17.5 Å². The summed E-state index contributed by atoms with van der Waals surface area (Å²) in [5.74, 6) is -0.673. The molecule has 22 heteroatoms. The van der Waals surface area contributed by atoms with Crippen molar-refractivity contribution in [2.45, 2.75) is 81.7 Å². The molecule has 4 aromatic heterocycles. The van der Waals surface area contributed by atoms with Crippen molar-refractivity contribution in [3.8, 4) is 52.5 Å². The Morgan fingerprint density at radius 2 is 1.80 bits per heavy atom. The van der Waals surface area contributed by atoms with E-state index in [1.807, 2.05) is 4.90 Å². The first-order chi connectivity index (χ1) is 38.6. The fourth-order valence-electron chi connectivity index (χ4n) is 13.0. The maximum Gasteiger partial charge on any atom is 0.340 e. The zero-order valence-corrected chi connectivity index (χ0v) is 42.8. The quantitative estimate of drug-likeness (QED) is 0.0715. The summed E-state index contributed by atoms with van der Waals surface area (Å²) >= 11 is 0. The summed E-state index contributed by atoms with van der Waals surface area (Å²) in [6.07, 6.45) is 7.63. The lowest BCUT2D eigenvalue weighted by Gasteiger charge is -2.42. The summed E-state index contributed by atoms with van der Waals surface area (Å²) in [6, 6.07) is 11.1. The van der Waals surface area contributed by atoms with Crippen molar-refractivity contribution >= 4 is 56.2 Å². The van der Waals surface area contributed by atoms with Gasteiger partial charge in [0.15, 0.2) is 11.9 Å². The number of aliphatic hydroxyl groups excluding tert-OH is 2. The van der Waals surface area contributed by atoms with Gasteiger partial charge in [0.25, 0.3) is 11.5 Å². The van der Waals surface area contributed by atoms with Crippen molar-refractivity contribution in [3.63, 3.8) is 0 Å². The number of carbonyl (C=O) groups excluding carboxylic acids is 3. The topological polar surface area (TPSA) is 235 Å². The molecule has 10 heterocycles. The van der Waals surface area contributed by atoms with E-state index in [2.05, 4.69) is 32.7 Å². The van der Waals surface area contributed by atoms with Crippen LogP contribution in [-0.4, -0.2) is 137 Å². The molecule has 3 aromatic carbocycles. The number of halogens is 3. The zero-order chi connectivity index (χ0) is 55.5. The van der Waals surface area contributed by atoms with Crippen LogP contribution in [0.15, 0.2) is 71.7 Å². The molecule has 0 spiro atoms. The Morgan fingerprint density at radius 1 is 0.988 bits per heavy atom. The molecule has 4 saturated heterocycles. The van der Waals surface area contributed by atoms with Gasteiger partial charge < -0.3 is 49.2 Å². The van der Waals surface area contributed by atoms with E-state index in [0.29, 0.717) is 69.6 Å². The van der Waals surface area contributed by atoms with Gasteiger partial charge in [-0.2, -0.15) is 9.97 Å². The normalized spacial score (nSPS) is 21.8. The van der Waals surface area contributed by atoms with Crippen LogP contribution in [0.3, 0.4) is 0 Å². The molecule has 80 heavy (non-hydrogen) atoms. The van der Waals surface area contributed by atoms with E-state index < -0.39 is 53.5 Å². The molecule has 6 aliphatic rings. The summed E-state index contributed by atoms with van der Waals surface area (Å²) in [5, 5.41) is 35.0. The number of piperazine rings is 1. The van der Waals surface area contributed by atoms with Crippen molar-refractivity contribution in [2.24, 2.45) is 0 Å². The summed E-state index contributed by atoms with van der Waals surface area (Å²) in [7, 11) is 0. The highest BCUT2D eigenvalue weighted by Gasteiger charge is 2.50. The number of fused-ring (bicyclic) bond motifs is 10. The number of nitrogens with zero attached hydrogens (tertiary/aromatic N) is 8. The molecule has 6 aliphatic heterocycles. The number of nitrogens with one attached hydrogen (secondary N) is 1. The minimum Gasteiger partial charge on any atom is -0.508 e. The van der Waals surface area contributed by atoms with Crippen molar-refractivity contribution in [1.82, 2.24) is 39.6 Å². The van der Waals surface area contributed by atoms with Gasteiger partial charge in [-0.25, -0.2) is 22.9 Å². The number of amides is 2. The lowest BCUT2D eigenvalue weighted by Crippen LogP contribution is -2.56. The van der Waals surface area contributed by atoms with Crippen LogP contribution < -0.4 is 25.2 Å². The average Bonchev–Trinajstić information content (AvgIpc) is 4.23. The number of cyclic esters (lactones) is 1. The number of phenols is 1. The smallest absolute Gasteiger partial charge is 0.340 e. The number of carbonyl (C=O) groups is 3. The summed E-state index contributed by atoms with van der Waals surface area (Å²) in [4.78, 5) is 77.6. The highest BCUT2D eigenvalue weighted by Crippen LogP contribution is 2.44. The number of esters is 1. The number of benzene rings is 3. The van der Waals surface area contributed by atoms with Gasteiger partial charge in [0.1, 0.15) is 66.9 Å². The average molecular weight is 1090 g/mol. The Balaban J connectivity index is 0.776. The Labute approximate surface area is 453 Å². The van der Waals surface area contributed by atoms with Gasteiger partial charge >= 0.3 is 12.0 Å². The third-order valence-corrected chi connectivity index (χ3v) is 16.7. The Bertz CT molecular complexity index is 3970. The number of aromatic hydroxyl groups is 1. The van der Waals surface area contributed by atoms with Crippen LogP contribution >= 0.6 is 0 Å². The van der Waals surface area contributed by atoms with Gasteiger partial charge in [0, 0.05) is 71.8 Å². The van der Waals surface area contributed by atoms with Crippen LogP contribution in [0, 0.1) is 24.0 Å². The van der Waals surface area contributed by atoms with Gasteiger partial charge in [-0.15, -0.1) is 6.42 Å². The number of aliphatic hydroxyl groups is 2. The van der Waals surface area contributed by atoms with Crippen molar-refractivity contribution in [3.05, 3.63) is 117 Å². The lowest BCUT2D eigenvalue weighted by atomic mass is 9.95. The Kier molecular flexibility index (Phi) is 12.3. The van der Waals surface area contributed by atoms with E-state index in [0.717, 1.165) is 13.0 Å². The highest BCUT2D eigenvalue weighted by atomic mass is 19.1. The number of hydrogen-bond donors (Lipinski definition) is 4. The minimum absolute atomic E-state index is 0.0440. The Morgan fingerprint density at radius 3 is 2.59 bits per heavy atom. The lowest BCUT2D eigenvalue weighted by molar-refractivity contribution is -0.157. The minimum atomic E-state index is -1.65. The second-order valence-corrected chi connectivity index (χ2v) is 21.3. The van der Waals surface area contributed by atoms with Gasteiger partial charge in [-0.1, -0.05) is 18.6 Å². The van der Waals surface area contributed by atoms with Crippen LogP contribution in [0.4, 0.5) is 19.0 Å². The molecule has 4 fully saturated rings. The first-order valence-electron chi connectivity index (χ1n) is 26.2. The molecular weight excluding hydrogens is 1040 g/mol. The molecule has 4 unspecified atom stereocenters. The van der Waals surface area contributed by atoms with Gasteiger partial charge in [-0.3, -0.25) is 24.3 Å². The van der Waals surface area contributed by atoms with E-state index in [9.17, 15) is 38.9 Å². The second kappa shape index (κ2) is 19.3. The number of aromatic nitrogens is 5. The first kappa shape index (κ1) is 50.8. The number of alkyl halides is 1. The second-order valence-electron chi connectivity index (χ2n) is 21.3. The number of rotatable bonds is 12. The SMILES string of the molecule is C#Cc1c(F)ccc2cc(O)cc(-c3ncc4c(N5CC6CCC(C5)N6C(=O)C(=C)COc5ccc6nc7c(c(CNC(=O)CO)c6c5)Cn5c-7cc6c(c5=O)COC(=O)C6O)nc(OC[C@@]56CCCN5CC(F)C6)nc4c3F)c12. The summed E-state index contributed by atoms with van der Waals surface area (Å²) < 4.78 is 66.6. The van der Waals surface area contributed by atoms with E-state index in [4.69, 9.17) is 30.6 Å². The number of ether oxygens (including phenoxy) is 3. The third-order valence-electron chi connectivity index (χ3n) is 16.7. The maximum absolute atomic E-state index is 17.4. The molecule has 0 saturated carbocycles. The number of terminal acetylenes is 1. The molecule has 0 aliphatic carbocycles.